The quantitative estimate of drug-likeness (QED) is 0.178. The Morgan fingerprint density at radius 2 is 0.887 bits per heavy atom. The van der Waals surface area contributed by atoms with E-state index in [-0.39, 0.29) is 0 Å². The minimum atomic E-state index is -0.846. The second-order valence-electron chi connectivity index (χ2n) is 16.3. The van der Waals surface area contributed by atoms with Gasteiger partial charge in [0.1, 0.15) is 17.0 Å². The molecule has 0 amide bonds. The average molecular weight is 795 g/mol. The maximum absolute atomic E-state index is 6.69. The summed E-state index contributed by atoms with van der Waals surface area (Å²) in [5, 5.41) is 0. The highest BCUT2D eigenvalue weighted by Crippen LogP contribution is 2.63. The van der Waals surface area contributed by atoms with Gasteiger partial charge in [0.15, 0.2) is 0 Å². The number of imidazole rings is 1. The third kappa shape index (κ3) is 4.54. The van der Waals surface area contributed by atoms with Crippen molar-refractivity contribution in [3.63, 3.8) is 0 Å². The molecular formula is C57H38N4O. The van der Waals surface area contributed by atoms with E-state index >= 15 is 0 Å². The van der Waals surface area contributed by atoms with Crippen LogP contribution in [0.15, 0.2) is 231 Å². The molecule has 3 aliphatic heterocycles. The van der Waals surface area contributed by atoms with Crippen molar-refractivity contribution >= 4 is 39.7 Å². The van der Waals surface area contributed by atoms with Crippen molar-refractivity contribution in [3.8, 4) is 17.2 Å². The van der Waals surface area contributed by atoms with Crippen LogP contribution in [0.25, 0.3) is 16.7 Å². The molecule has 5 heteroatoms. The Bertz CT molecular complexity index is 3220. The summed E-state index contributed by atoms with van der Waals surface area (Å²) in [6, 6.07) is 83.2. The molecule has 0 radical (unpaired) electrons. The number of hydrogen-bond acceptors (Lipinski definition) is 4. The number of benzene rings is 9. The predicted molar refractivity (Wildman–Crippen MR) is 249 cm³/mol. The Balaban J connectivity index is 1.15. The molecule has 0 saturated heterocycles. The average Bonchev–Trinajstić information content (AvgIpc) is 3.73. The standard InChI is InChI=1S/C57H38N4O/c1-4-20-39(21-5-1)57(40-22-6-2-7-23-40)47-38-42(36-37-51(47)60-52-33-17-14-30-48(52)58-55(60)61(57)41-24-8-3-9-25-41)59-49-31-15-10-26-43(49)56(44-27-11-16-32-50(44)59)45-28-12-18-34-53(45)62-54-35-19-13-29-46(54)56/h1-38H. The maximum Gasteiger partial charge on any atom is 0.217 e. The number of para-hydroxylation sites is 7. The number of rotatable bonds is 4. The molecule has 9 aromatic carbocycles. The molecule has 5 nitrogen and oxygen atoms in total. The largest absolute Gasteiger partial charge is 0.457 e. The van der Waals surface area contributed by atoms with Gasteiger partial charge in [0.2, 0.25) is 5.95 Å². The summed E-state index contributed by atoms with van der Waals surface area (Å²) in [5.74, 6) is 2.61. The van der Waals surface area contributed by atoms with E-state index in [1.54, 1.807) is 0 Å². The summed E-state index contributed by atoms with van der Waals surface area (Å²) in [6.45, 7) is 0. The summed E-state index contributed by atoms with van der Waals surface area (Å²) in [4.78, 5) is 10.4. The molecule has 62 heavy (non-hydrogen) atoms. The van der Waals surface area contributed by atoms with Gasteiger partial charge in [-0.25, -0.2) is 4.98 Å². The van der Waals surface area contributed by atoms with Crippen LogP contribution in [0.3, 0.4) is 0 Å². The number of anilines is 5. The Hall–Kier alpha value is -8.15. The summed E-state index contributed by atoms with van der Waals surface area (Å²) in [7, 11) is 0. The van der Waals surface area contributed by atoms with Gasteiger partial charge < -0.3 is 9.64 Å². The van der Waals surface area contributed by atoms with E-state index < -0.39 is 11.0 Å². The summed E-state index contributed by atoms with van der Waals surface area (Å²) in [5.41, 5.74) is 14.0. The van der Waals surface area contributed by atoms with Gasteiger partial charge in [-0.1, -0.05) is 164 Å². The van der Waals surface area contributed by atoms with Crippen molar-refractivity contribution in [2.45, 2.75) is 11.0 Å². The molecule has 292 valence electrons. The first-order valence-corrected chi connectivity index (χ1v) is 21.2. The second kappa shape index (κ2) is 13.2. The SMILES string of the molecule is c1ccc(N2c3nc4ccccc4n3-c3ccc(N4c5ccccc5C5(c6ccccc6Oc6ccccc65)c5ccccc54)cc3C2(c2ccccc2)c2ccccc2)cc1. The number of fused-ring (bicyclic) bond motifs is 13. The van der Waals surface area contributed by atoms with Gasteiger partial charge in [-0.05, 0) is 89.0 Å². The Kier molecular flexibility index (Phi) is 7.37. The molecule has 0 aliphatic carbocycles. The van der Waals surface area contributed by atoms with Gasteiger partial charge in [-0.15, -0.1) is 0 Å². The fourth-order valence-corrected chi connectivity index (χ4v) is 10.9. The lowest BCUT2D eigenvalue weighted by molar-refractivity contribution is 0.434. The highest BCUT2D eigenvalue weighted by Gasteiger charge is 2.53. The van der Waals surface area contributed by atoms with Gasteiger partial charge in [-0.3, -0.25) is 9.47 Å². The van der Waals surface area contributed by atoms with Crippen LogP contribution < -0.4 is 14.5 Å². The van der Waals surface area contributed by atoms with Crippen molar-refractivity contribution in [3.05, 3.63) is 269 Å². The van der Waals surface area contributed by atoms with Crippen molar-refractivity contribution in [1.82, 2.24) is 9.55 Å². The molecule has 1 spiro atoms. The molecular weight excluding hydrogens is 757 g/mol. The Morgan fingerprint density at radius 1 is 0.387 bits per heavy atom. The molecule has 0 saturated carbocycles. The van der Waals surface area contributed by atoms with Gasteiger partial charge >= 0.3 is 0 Å². The zero-order chi connectivity index (χ0) is 40.8. The molecule has 0 unspecified atom stereocenters. The molecule has 13 rings (SSSR count). The third-order valence-corrected chi connectivity index (χ3v) is 13.2. The van der Waals surface area contributed by atoms with Crippen LogP contribution in [0.1, 0.15) is 38.9 Å². The molecule has 0 bridgehead atoms. The highest BCUT2D eigenvalue weighted by molar-refractivity contribution is 5.93. The van der Waals surface area contributed by atoms with Crippen LogP contribution in [0, 0.1) is 0 Å². The first kappa shape index (κ1) is 34.7. The maximum atomic E-state index is 6.69. The fourth-order valence-electron chi connectivity index (χ4n) is 10.9. The third-order valence-electron chi connectivity index (χ3n) is 13.2. The lowest BCUT2D eigenvalue weighted by atomic mass is 9.61. The molecule has 0 atom stereocenters. The van der Waals surface area contributed by atoms with E-state index in [4.69, 9.17) is 9.72 Å². The normalized spacial score (nSPS) is 14.8. The Labute approximate surface area is 360 Å². The molecule has 0 N–H and O–H groups in total. The highest BCUT2D eigenvalue weighted by atomic mass is 16.5. The lowest BCUT2D eigenvalue weighted by Crippen LogP contribution is -2.50. The predicted octanol–water partition coefficient (Wildman–Crippen LogP) is 13.7. The topological polar surface area (TPSA) is 33.5 Å². The fraction of sp³-hybridized carbons (Fsp3) is 0.0351. The van der Waals surface area contributed by atoms with E-state index in [0.717, 1.165) is 84.7 Å². The molecule has 10 aromatic rings. The van der Waals surface area contributed by atoms with Crippen LogP contribution >= 0.6 is 0 Å². The summed E-state index contributed by atoms with van der Waals surface area (Å²) in [6.07, 6.45) is 0. The number of nitrogens with zero attached hydrogens (tertiary/aromatic N) is 4. The van der Waals surface area contributed by atoms with Gasteiger partial charge in [0.25, 0.3) is 0 Å². The zero-order valence-electron chi connectivity index (χ0n) is 33.6. The minimum absolute atomic E-state index is 0.629. The van der Waals surface area contributed by atoms with Crippen LogP contribution in [-0.2, 0) is 11.0 Å². The first-order chi connectivity index (χ1) is 30.8. The van der Waals surface area contributed by atoms with Crippen molar-refractivity contribution in [2.75, 3.05) is 9.80 Å². The van der Waals surface area contributed by atoms with E-state index in [1.165, 1.54) is 11.1 Å². The van der Waals surface area contributed by atoms with Crippen LogP contribution in [0.4, 0.5) is 28.7 Å². The summed E-state index contributed by atoms with van der Waals surface area (Å²) >= 11 is 0. The van der Waals surface area contributed by atoms with Crippen molar-refractivity contribution in [2.24, 2.45) is 0 Å². The summed E-state index contributed by atoms with van der Waals surface area (Å²) < 4.78 is 9.04. The van der Waals surface area contributed by atoms with E-state index in [2.05, 4.69) is 245 Å². The molecule has 4 heterocycles. The molecule has 0 fully saturated rings. The first-order valence-electron chi connectivity index (χ1n) is 21.2. The second-order valence-corrected chi connectivity index (χ2v) is 16.3. The number of aromatic nitrogens is 2. The van der Waals surface area contributed by atoms with Crippen molar-refractivity contribution in [1.29, 1.82) is 0 Å². The minimum Gasteiger partial charge on any atom is -0.457 e. The zero-order valence-corrected chi connectivity index (χ0v) is 33.6. The Morgan fingerprint density at radius 3 is 1.50 bits per heavy atom. The monoisotopic (exact) mass is 794 g/mol. The smallest absolute Gasteiger partial charge is 0.217 e. The van der Waals surface area contributed by atoms with E-state index in [0.29, 0.717) is 0 Å². The number of ether oxygens (including phenoxy) is 1. The van der Waals surface area contributed by atoms with Crippen LogP contribution in [0.5, 0.6) is 11.5 Å². The van der Waals surface area contributed by atoms with E-state index in [1.807, 2.05) is 0 Å². The molecule has 3 aliphatic rings. The van der Waals surface area contributed by atoms with Crippen molar-refractivity contribution < 1.29 is 4.74 Å². The van der Waals surface area contributed by atoms with E-state index in [9.17, 15) is 0 Å². The molecule has 1 aromatic heterocycles. The van der Waals surface area contributed by atoms with Gasteiger partial charge in [0.05, 0.1) is 33.5 Å². The lowest BCUT2D eigenvalue weighted by Gasteiger charge is -2.50. The van der Waals surface area contributed by atoms with Crippen LogP contribution in [-0.4, -0.2) is 9.55 Å². The number of hydrogen-bond donors (Lipinski definition) is 0. The van der Waals surface area contributed by atoms with Crippen LogP contribution in [0.2, 0.25) is 0 Å². The van der Waals surface area contributed by atoms with Gasteiger partial charge in [0, 0.05) is 28.1 Å². The van der Waals surface area contributed by atoms with Gasteiger partial charge in [-0.2, -0.15) is 0 Å².